The van der Waals surface area contributed by atoms with Crippen molar-refractivity contribution in [3.63, 3.8) is 0 Å². The van der Waals surface area contributed by atoms with E-state index in [1.54, 1.807) is 0 Å². The predicted molar refractivity (Wildman–Crippen MR) is 65.7 cm³/mol. The first kappa shape index (κ1) is 13.9. The highest BCUT2D eigenvalue weighted by atomic mass is 16.5. The molecule has 1 aliphatic rings. The number of aliphatic hydroxyl groups is 1. The van der Waals surface area contributed by atoms with E-state index in [4.69, 9.17) is 9.84 Å². The van der Waals surface area contributed by atoms with E-state index in [2.05, 4.69) is 23.6 Å². The molecule has 1 saturated heterocycles. The second kappa shape index (κ2) is 8.01. The Hall–Kier alpha value is -0.160. The van der Waals surface area contributed by atoms with Gasteiger partial charge >= 0.3 is 0 Å². The Morgan fingerprint density at radius 2 is 2.25 bits per heavy atom. The summed E-state index contributed by atoms with van der Waals surface area (Å²) in [7, 11) is 0. The summed E-state index contributed by atoms with van der Waals surface area (Å²) < 4.78 is 5.78. The highest BCUT2D eigenvalue weighted by Crippen LogP contribution is 2.07. The van der Waals surface area contributed by atoms with Gasteiger partial charge in [0.25, 0.3) is 0 Å². The fourth-order valence-electron chi connectivity index (χ4n) is 2.14. The molecule has 1 heterocycles. The standard InChI is InChI=1S/C12H26N2O2/c1-3-13(6-5-8-15)10-12-11-14(4-2)7-9-16-12/h12,15H,3-11H2,1-2H3. The van der Waals surface area contributed by atoms with Crippen LogP contribution in [0.25, 0.3) is 0 Å². The van der Waals surface area contributed by atoms with Gasteiger partial charge in [-0.15, -0.1) is 0 Å². The molecule has 1 N–H and O–H groups in total. The Morgan fingerprint density at radius 3 is 2.88 bits per heavy atom. The van der Waals surface area contributed by atoms with Crippen LogP contribution in [0.1, 0.15) is 20.3 Å². The van der Waals surface area contributed by atoms with Gasteiger partial charge in [-0.1, -0.05) is 13.8 Å². The predicted octanol–water partition coefficient (Wildman–Crippen LogP) is 0.411. The molecule has 1 unspecified atom stereocenters. The Kier molecular flexibility index (Phi) is 6.96. The molecule has 0 aromatic heterocycles. The molecule has 16 heavy (non-hydrogen) atoms. The van der Waals surface area contributed by atoms with Crippen molar-refractivity contribution >= 4 is 0 Å². The molecule has 0 saturated carbocycles. The van der Waals surface area contributed by atoms with Crippen LogP contribution in [0.3, 0.4) is 0 Å². The normalized spacial score (nSPS) is 22.9. The second-order valence-corrected chi connectivity index (χ2v) is 4.36. The summed E-state index contributed by atoms with van der Waals surface area (Å²) in [5, 5.41) is 8.83. The first-order chi connectivity index (χ1) is 7.80. The molecule has 0 aromatic rings. The van der Waals surface area contributed by atoms with Crippen molar-refractivity contribution in [2.45, 2.75) is 26.4 Å². The molecule has 1 fully saturated rings. The topological polar surface area (TPSA) is 35.9 Å². The zero-order valence-electron chi connectivity index (χ0n) is 10.7. The van der Waals surface area contributed by atoms with Gasteiger partial charge in [-0.3, -0.25) is 4.90 Å². The number of hydrogen-bond acceptors (Lipinski definition) is 4. The number of rotatable bonds is 7. The van der Waals surface area contributed by atoms with Crippen LogP contribution in [-0.4, -0.2) is 73.5 Å². The van der Waals surface area contributed by atoms with Gasteiger partial charge in [0.2, 0.25) is 0 Å². The Balaban J connectivity index is 2.27. The quantitative estimate of drug-likeness (QED) is 0.687. The minimum Gasteiger partial charge on any atom is -0.396 e. The van der Waals surface area contributed by atoms with Gasteiger partial charge in [-0.05, 0) is 19.5 Å². The van der Waals surface area contributed by atoms with Gasteiger partial charge < -0.3 is 14.7 Å². The minimum atomic E-state index is 0.281. The zero-order chi connectivity index (χ0) is 11.8. The molecule has 1 aliphatic heterocycles. The van der Waals surface area contributed by atoms with Crippen molar-refractivity contribution in [3.05, 3.63) is 0 Å². The van der Waals surface area contributed by atoms with E-state index in [-0.39, 0.29) is 6.61 Å². The summed E-state index contributed by atoms with van der Waals surface area (Å²) in [5.41, 5.74) is 0. The summed E-state index contributed by atoms with van der Waals surface area (Å²) in [6.07, 6.45) is 1.20. The molecule has 4 nitrogen and oxygen atoms in total. The first-order valence-electron chi connectivity index (χ1n) is 6.47. The maximum Gasteiger partial charge on any atom is 0.0829 e. The average molecular weight is 230 g/mol. The molecule has 1 atom stereocenters. The number of morpholine rings is 1. The van der Waals surface area contributed by atoms with Crippen molar-refractivity contribution in [2.75, 3.05) is 52.5 Å². The molecular formula is C12H26N2O2. The van der Waals surface area contributed by atoms with Crippen LogP contribution in [0.5, 0.6) is 0 Å². The van der Waals surface area contributed by atoms with E-state index in [0.29, 0.717) is 6.10 Å². The lowest BCUT2D eigenvalue weighted by molar-refractivity contribution is -0.0416. The van der Waals surface area contributed by atoms with Crippen molar-refractivity contribution in [1.82, 2.24) is 9.80 Å². The maximum absolute atomic E-state index is 8.83. The number of likely N-dealkylation sites (N-methyl/N-ethyl adjacent to an activating group) is 2. The van der Waals surface area contributed by atoms with Crippen molar-refractivity contribution in [1.29, 1.82) is 0 Å². The highest BCUT2D eigenvalue weighted by Gasteiger charge is 2.20. The third-order valence-corrected chi connectivity index (χ3v) is 3.21. The number of nitrogens with zero attached hydrogens (tertiary/aromatic N) is 2. The van der Waals surface area contributed by atoms with Crippen LogP contribution in [0.15, 0.2) is 0 Å². The molecule has 0 aliphatic carbocycles. The van der Waals surface area contributed by atoms with E-state index in [9.17, 15) is 0 Å². The van der Waals surface area contributed by atoms with Gasteiger partial charge in [-0.25, -0.2) is 0 Å². The van der Waals surface area contributed by atoms with Crippen molar-refractivity contribution < 1.29 is 9.84 Å². The van der Waals surface area contributed by atoms with Crippen molar-refractivity contribution in [3.8, 4) is 0 Å². The first-order valence-corrected chi connectivity index (χ1v) is 6.47. The summed E-state index contributed by atoms with van der Waals surface area (Å²) >= 11 is 0. The van der Waals surface area contributed by atoms with E-state index in [1.165, 1.54) is 0 Å². The molecule has 1 rings (SSSR count). The number of aliphatic hydroxyl groups excluding tert-OH is 1. The van der Waals surface area contributed by atoms with Gasteiger partial charge in [0.15, 0.2) is 0 Å². The maximum atomic E-state index is 8.83. The van der Waals surface area contributed by atoms with Gasteiger partial charge in [0.1, 0.15) is 0 Å². The highest BCUT2D eigenvalue weighted by molar-refractivity contribution is 4.74. The average Bonchev–Trinajstić information content (AvgIpc) is 2.34. The van der Waals surface area contributed by atoms with E-state index < -0.39 is 0 Å². The van der Waals surface area contributed by atoms with Gasteiger partial charge in [-0.2, -0.15) is 0 Å². The fourth-order valence-corrected chi connectivity index (χ4v) is 2.14. The van der Waals surface area contributed by atoms with E-state index >= 15 is 0 Å². The number of hydrogen-bond donors (Lipinski definition) is 1. The zero-order valence-corrected chi connectivity index (χ0v) is 10.7. The lowest BCUT2D eigenvalue weighted by Gasteiger charge is -2.34. The molecule has 96 valence electrons. The Morgan fingerprint density at radius 1 is 1.44 bits per heavy atom. The van der Waals surface area contributed by atoms with Crippen LogP contribution in [-0.2, 0) is 4.74 Å². The van der Waals surface area contributed by atoms with Crippen LogP contribution < -0.4 is 0 Å². The van der Waals surface area contributed by atoms with Gasteiger partial charge in [0.05, 0.1) is 12.7 Å². The van der Waals surface area contributed by atoms with Crippen LogP contribution in [0, 0.1) is 0 Å². The smallest absolute Gasteiger partial charge is 0.0829 e. The SMILES string of the molecule is CCN(CCCO)CC1CN(CC)CCO1. The molecule has 0 spiro atoms. The lowest BCUT2D eigenvalue weighted by Crippen LogP contribution is -2.47. The minimum absolute atomic E-state index is 0.281. The monoisotopic (exact) mass is 230 g/mol. The third-order valence-electron chi connectivity index (χ3n) is 3.21. The molecule has 0 amide bonds. The van der Waals surface area contributed by atoms with Crippen LogP contribution >= 0.6 is 0 Å². The largest absolute Gasteiger partial charge is 0.396 e. The van der Waals surface area contributed by atoms with Crippen LogP contribution in [0.4, 0.5) is 0 Å². The summed E-state index contributed by atoms with van der Waals surface area (Å²) in [4.78, 5) is 4.80. The Bertz CT molecular complexity index is 178. The van der Waals surface area contributed by atoms with E-state index in [1.807, 2.05) is 0 Å². The van der Waals surface area contributed by atoms with Crippen molar-refractivity contribution in [2.24, 2.45) is 0 Å². The summed E-state index contributed by atoms with van der Waals surface area (Å²) in [6, 6.07) is 0. The number of ether oxygens (including phenoxy) is 1. The summed E-state index contributed by atoms with van der Waals surface area (Å²) in [5.74, 6) is 0. The third kappa shape index (κ3) is 4.78. The van der Waals surface area contributed by atoms with Crippen LogP contribution in [0.2, 0.25) is 0 Å². The molecule has 0 radical (unpaired) electrons. The summed E-state index contributed by atoms with van der Waals surface area (Å²) in [6.45, 7) is 11.7. The second-order valence-electron chi connectivity index (χ2n) is 4.36. The molecule has 0 bridgehead atoms. The van der Waals surface area contributed by atoms with Gasteiger partial charge in [0, 0.05) is 32.8 Å². The molecule has 4 heteroatoms. The molecular weight excluding hydrogens is 204 g/mol. The fraction of sp³-hybridized carbons (Fsp3) is 1.00. The lowest BCUT2D eigenvalue weighted by atomic mass is 10.2. The Labute approximate surface area is 99.2 Å². The molecule has 0 aromatic carbocycles. The van der Waals surface area contributed by atoms with E-state index in [0.717, 1.165) is 52.3 Å².